The number of carboxylic acids is 1. The lowest BCUT2D eigenvalue weighted by atomic mass is 9.84. The molecule has 1 unspecified atom stereocenters. The summed E-state index contributed by atoms with van der Waals surface area (Å²) in [6.07, 6.45) is 3.32. The highest BCUT2D eigenvalue weighted by atomic mass is 16.4. The van der Waals surface area contributed by atoms with Crippen LogP contribution in [-0.2, 0) is 17.8 Å². The molecule has 1 aliphatic heterocycles. The van der Waals surface area contributed by atoms with Crippen molar-refractivity contribution < 1.29 is 9.90 Å². The van der Waals surface area contributed by atoms with Gasteiger partial charge in [0, 0.05) is 29.7 Å². The van der Waals surface area contributed by atoms with Crippen molar-refractivity contribution in [3.05, 3.63) is 71.5 Å². The van der Waals surface area contributed by atoms with Gasteiger partial charge in [-0.05, 0) is 25.3 Å². The minimum absolute atomic E-state index is 0.558. The molecule has 1 N–H and O–H groups in total. The van der Waals surface area contributed by atoms with Crippen molar-refractivity contribution in [1.82, 2.24) is 14.5 Å². The zero-order chi connectivity index (χ0) is 22.2. The summed E-state index contributed by atoms with van der Waals surface area (Å²) >= 11 is 0. The molecule has 1 atom stereocenters. The molecule has 2 aromatic heterocycles. The van der Waals surface area contributed by atoms with E-state index in [2.05, 4.69) is 35.8 Å². The topological polar surface area (TPSA) is 68.0 Å². The first kappa shape index (κ1) is 20.4. The van der Waals surface area contributed by atoms with Crippen molar-refractivity contribution >= 4 is 17.1 Å². The maximum atomic E-state index is 12.6. The molecule has 0 radical (unpaired) electrons. The van der Waals surface area contributed by atoms with Gasteiger partial charge in [-0.3, -0.25) is 4.79 Å². The average Bonchev–Trinajstić information content (AvgIpc) is 3.39. The molecule has 5 nitrogen and oxygen atoms in total. The molecule has 0 aliphatic carbocycles. The smallest absolute Gasteiger partial charge is 0.311 e. The third-order valence-corrected chi connectivity index (χ3v) is 6.40. The molecule has 3 heterocycles. The van der Waals surface area contributed by atoms with Crippen molar-refractivity contribution in [2.45, 2.75) is 52.0 Å². The maximum absolute atomic E-state index is 12.6. The van der Waals surface area contributed by atoms with E-state index in [1.54, 1.807) is 0 Å². The van der Waals surface area contributed by atoms with E-state index < -0.39 is 11.9 Å². The van der Waals surface area contributed by atoms with Gasteiger partial charge in [-0.25, -0.2) is 9.97 Å². The standard InChI is InChI=1S/C27H27N3O2/c1-3-8-20(27(31)32)23-22(18-14-12-17(2)13-15-18)25-26(28-21-11-7-16-30(21)25)29-24(23)19-9-5-4-6-10-19/h4-6,9-10,12-15,20H,3,7-8,11,16H2,1-2H3,(H,31,32). The number of hydrogen-bond acceptors (Lipinski definition) is 3. The Bertz CT molecular complexity index is 1290. The summed E-state index contributed by atoms with van der Waals surface area (Å²) in [7, 11) is 0. The molecule has 5 rings (SSSR count). The van der Waals surface area contributed by atoms with Crippen molar-refractivity contribution in [2.75, 3.05) is 0 Å². The van der Waals surface area contributed by atoms with Gasteiger partial charge in [-0.1, -0.05) is 73.5 Å². The highest BCUT2D eigenvalue weighted by Crippen LogP contribution is 2.43. The highest BCUT2D eigenvalue weighted by molar-refractivity contribution is 5.99. The molecular formula is C27H27N3O2. The fraction of sp³-hybridized carbons (Fsp3) is 0.296. The Kier molecular flexibility index (Phi) is 5.25. The zero-order valence-electron chi connectivity index (χ0n) is 18.5. The van der Waals surface area contributed by atoms with E-state index in [0.717, 1.165) is 65.1 Å². The quantitative estimate of drug-likeness (QED) is 0.412. The lowest BCUT2D eigenvalue weighted by Gasteiger charge is -2.22. The SMILES string of the molecule is CCCC(C(=O)O)c1c(-c2ccccc2)nc2nc3n(c2c1-c1ccc(C)cc1)CCC3. The molecule has 5 heteroatoms. The Hall–Kier alpha value is -3.47. The number of hydrogen-bond donors (Lipinski definition) is 1. The second-order valence-electron chi connectivity index (χ2n) is 8.62. The number of pyridine rings is 1. The van der Waals surface area contributed by atoms with Gasteiger partial charge in [0.15, 0.2) is 5.65 Å². The van der Waals surface area contributed by atoms with Gasteiger partial charge in [0.1, 0.15) is 5.82 Å². The van der Waals surface area contributed by atoms with Crippen LogP contribution in [0.4, 0.5) is 0 Å². The van der Waals surface area contributed by atoms with Crippen LogP contribution in [0.1, 0.15) is 49.1 Å². The Morgan fingerprint density at radius 1 is 1.06 bits per heavy atom. The normalized spacial score (nSPS) is 13.9. The number of nitrogens with zero attached hydrogens (tertiary/aromatic N) is 3. The number of fused-ring (bicyclic) bond motifs is 3. The first-order valence-electron chi connectivity index (χ1n) is 11.4. The molecule has 0 saturated carbocycles. The zero-order valence-corrected chi connectivity index (χ0v) is 18.5. The van der Waals surface area contributed by atoms with Crippen LogP contribution in [0.15, 0.2) is 54.6 Å². The van der Waals surface area contributed by atoms with Crippen molar-refractivity contribution in [3.63, 3.8) is 0 Å². The van der Waals surface area contributed by atoms with E-state index in [0.29, 0.717) is 12.1 Å². The van der Waals surface area contributed by atoms with Crippen LogP contribution in [-0.4, -0.2) is 25.6 Å². The average molecular weight is 426 g/mol. The maximum Gasteiger partial charge on any atom is 0.311 e. The summed E-state index contributed by atoms with van der Waals surface area (Å²) in [6, 6.07) is 18.3. The van der Waals surface area contributed by atoms with Gasteiger partial charge in [-0.2, -0.15) is 0 Å². The summed E-state index contributed by atoms with van der Waals surface area (Å²) in [4.78, 5) is 22.5. The van der Waals surface area contributed by atoms with Gasteiger partial charge in [0.2, 0.25) is 0 Å². The Labute approximate surface area is 187 Å². The lowest BCUT2D eigenvalue weighted by Crippen LogP contribution is -2.15. The Morgan fingerprint density at radius 2 is 1.81 bits per heavy atom. The van der Waals surface area contributed by atoms with Crippen LogP contribution in [0.2, 0.25) is 0 Å². The largest absolute Gasteiger partial charge is 0.481 e. The molecule has 1 aliphatic rings. The van der Waals surface area contributed by atoms with Crippen molar-refractivity contribution in [1.29, 1.82) is 0 Å². The number of benzene rings is 2. The number of carbonyl (C=O) groups is 1. The van der Waals surface area contributed by atoms with Crippen LogP contribution in [0.25, 0.3) is 33.5 Å². The van der Waals surface area contributed by atoms with E-state index in [-0.39, 0.29) is 0 Å². The van der Waals surface area contributed by atoms with Crippen LogP contribution < -0.4 is 0 Å². The molecule has 32 heavy (non-hydrogen) atoms. The third-order valence-electron chi connectivity index (χ3n) is 6.40. The Balaban J connectivity index is 1.94. The number of aliphatic carboxylic acids is 1. The van der Waals surface area contributed by atoms with E-state index in [9.17, 15) is 9.90 Å². The fourth-order valence-corrected chi connectivity index (χ4v) is 4.90. The second-order valence-corrected chi connectivity index (χ2v) is 8.62. The van der Waals surface area contributed by atoms with Gasteiger partial charge < -0.3 is 9.67 Å². The van der Waals surface area contributed by atoms with Gasteiger partial charge >= 0.3 is 5.97 Å². The minimum atomic E-state index is -0.806. The van der Waals surface area contributed by atoms with Gasteiger partial charge in [0.25, 0.3) is 0 Å². The van der Waals surface area contributed by atoms with Crippen molar-refractivity contribution in [3.8, 4) is 22.4 Å². The summed E-state index contributed by atoms with van der Waals surface area (Å²) in [5.74, 6) is -0.407. The lowest BCUT2D eigenvalue weighted by molar-refractivity contribution is -0.139. The molecule has 0 amide bonds. The predicted octanol–water partition coefficient (Wildman–Crippen LogP) is 5.99. The molecule has 162 valence electrons. The van der Waals surface area contributed by atoms with E-state index in [1.165, 1.54) is 5.56 Å². The summed E-state index contributed by atoms with van der Waals surface area (Å²) < 4.78 is 2.25. The summed E-state index contributed by atoms with van der Waals surface area (Å²) in [5, 5.41) is 10.3. The van der Waals surface area contributed by atoms with Crippen LogP contribution in [0, 0.1) is 6.92 Å². The first-order valence-corrected chi connectivity index (χ1v) is 11.4. The fourth-order valence-electron chi connectivity index (χ4n) is 4.90. The van der Waals surface area contributed by atoms with Gasteiger partial charge in [-0.15, -0.1) is 0 Å². The number of rotatable bonds is 6. The monoisotopic (exact) mass is 425 g/mol. The highest BCUT2D eigenvalue weighted by Gasteiger charge is 2.32. The molecule has 4 aromatic rings. The molecular weight excluding hydrogens is 398 g/mol. The predicted molar refractivity (Wildman–Crippen MR) is 127 cm³/mol. The number of aromatic nitrogens is 3. The molecule has 0 spiro atoms. The number of aryl methyl sites for hydroxylation is 3. The molecule has 2 aromatic carbocycles. The van der Waals surface area contributed by atoms with Crippen LogP contribution in [0.3, 0.4) is 0 Å². The number of imidazole rings is 1. The van der Waals surface area contributed by atoms with Crippen molar-refractivity contribution in [2.24, 2.45) is 0 Å². The molecule has 0 saturated heterocycles. The van der Waals surface area contributed by atoms with E-state index >= 15 is 0 Å². The van der Waals surface area contributed by atoms with E-state index in [1.807, 2.05) is 37.3 Å². The minimum Gasteiger partial charge on any atom is -0.481 e. The van der Waals surface area contributed by atoms with Crippen LogP contribution in [0.5, 0.6) is 0 Å². The summed E-state index contributed by atoms with van der Waals surface area (Å²) in [5.41, 5.74) is 7.29. The number of carboxylic acid groups (broad SMARTS) is 1. The van der Waals surface area contributed by atoms with Crippen LogP contribution >= 0.6 is 0 Å². The Morgan fingerprint density at radius 3 is 2.50 bits per heavy atom. The molecule has 0 bridgehead atoms. The second kappa shape index (κ2) is 8.23. The van der Waals surface area contributed by atoms with Gasteiger partial charge in [0.05, 0.1) is 17.1 Å². The third kappa shape index (κ3) is 3.38. The van der Waals surface area contributed by atoms with E-state index in [4.69, 9.17) is 9.97 Å². The molecule has 0 fully saturated rings. The summed E-state index contributed by atoms with van der Waals surface area (Å²) in [6.45, 7) is 4.99. The first-order chi connectivity index (χ1) is 15.6.